The lowest BCUT2D eigenvalue weighted by atomic mass is 10.1. The number of carbonyl (C=O) groups excluding carboxylic acids is 1. The van der Waals surface area contributed by atoms with E-state index in [2.05, 4.69) is 0 Å². The Hall–Kier alpha value is -1.42. The fourth-order valence-corrected chi connectivity index (χ4v) is 2.81. The van der Waals surface area contributed by atoms with E-state index >= 15 is 0 Å². The fourth-order valence-electron chi connectivity index (χ4n) is 1.52. The topological polar surface area (TPSA) is 51.2 Å². The average Bonchev–Trinajstić information content (AvgIpc) is 2.59. The Labute approximate surface area is 88.3 Å². The summed E-state index contributed by atoms with van der Waals surface area (Å²) in [6.07, 6.45) is 1.50. The zero-order valence-corrected chi connectivity index (χ0v) is 8.83. The Bertz CT molecular complexity index is 512. The second kappa shape index (κ2) is 3.62. The van der Waals surface area contributed by atoms with Crippen LogP contribution in [0.2, 0.25) is 0 Å². The van der Waals surface area contributed by atoms with Gasteiger partial charge in [-0.1, -0.05) is 36.4 Å². The highest BCUT2D eigenvalue weighted by molar-refractivity contribution is 7.92. The lowest BCUT2D eigenvalue weighted by Crippen LogP contribution is -2.09. The van der Waals surface area contributed by atoms with Gasteiger partial charge in [0.15, 0.2) is 15.6 Å². The number of ketones is 1. The maximum absolute atomic E-state index is 11.8. The lowest BCUT2D eigenvalue weighted by Gasteiger charge is -1.99. The summed E-state index contributed by atoms with van der Waals surface area (Å²) in [6.45, 7) is 0. The van der Waals surface area contributed by atoms with E-state index in [1.807, 2.05) is 6.07 Å². The first kappa shape index (κ1) is 10.1. The lowest BCUT2D eigenvalue weighted by molar-refractivity contribution is 0.103. The van der Waals surface area contributed by atoms with Crippen molar-refractivity contribution in [1.29, 1.82) is 0 Å². The second-order valence-corrected chi connectivity index (χ2v) is 5.59. The van der Waals surface area contributed by atoms with E-state index in [9.17, 15) is 13.2 Å². The van der Waals surface area contributed by atoms with Crippen LogP contribution in [0.1, 0.15) is 10.4 Å². The fraction of sp³-hybridized carbons (Fsp3) is 0.182. The Morgan fingerprint density at radius 1 is 1.13 bits per heavy atom. The van der Waals surface area contributed by atoms with Crippen molar-refractivity contribution in [1.82, 2.24) is 0 Å². The van der Waals surface area contributed by atoms with Crippen molar-refractivity contribution in [3.05, 3.63) is 47.5 Å². The van der Waals surface area contributed by atoms with E-state index in [-0.39, 0.29) is 17.3 Å². The van der Waals surface area contributed by atoms with E-state index in [0.29, 0.717) is 11.1 Å². The molecule has 3 nitrogen and oxygen atoms in total. The van der Waals surface area contributed by atoms with E-state index in [1.54, 1.807) is 24.3 Å². The number of Topliss-reactive ketones (excluding diaryl/α,β-unsaturated/α-hetero) is 1. The number of carbonyl (C=O) groups is 1. The average molecular weight is 222 g/mol. The molecular formula is C11H10O3S. The summed E-state index contributed by atoms with van der Waals surface area (Å²) >= 11 is 0. The van der Waals surface area contributed by atoms with Gasteiger partial charge in [-0.3, -0.25) is 4.79 Å². The van der Waals surface area contributed by atoms with Crippen LogP contribution in [0.25, 0.3) is 0 Å². The normalized spacial score (nSPS) is 18.5. The van der Waals surface area contributed by atoms with Crippen LogP contribution in [0.5, 0.6) is 0 Å². The molecule has 1 heterocycles. The molecule has 0 saturated heterocycles. The summed E-state index contributed by atoms with van der Waals surface area (Å²) in [5.74, 6) is -0.321. The molecular weight excluding hydrogens is 212 g/mol. The summed E-state index contributed by atoms with van der Waals surface area (Å²) in [6, 6.07) is 8.72. The molecule has 0 aliphatic carbocycles. The van der Waals surface area contributed by atoms with Crippen LogP contribution in [0.4, 0.5) is 0 Å². The smallest absolute Gasteiger partial charge is 0.189 e. The summed E-state index contributed by atoms with van der Waals surface area (Å²) < 4.78 is 22.3. The summed E-state index contributed by atoms with van der Waals surface area (Å²) in [4.78, 5) is 11.8. The third-order valence-corrected chi connectivity index (χ3v) is 3.71. The molecule has 4 heteroatoms. The van der Waals surface area contributed by atoms with Gasteiger partial charge in [-0.15, -0.1) is 0 Å². The Kier molecular flexibility index (Phi) is 2.44. The summed E-state index contributed by atoms with van der Waals surface area (Å²) in [5.41, 5.74) is 0.932. The second-order valence-electron chi connectivity index (χ2n) is 3.48. The molecule has 0 atom stereocenters. The number of sulfone groups is 1. The van der Waals surface area contributed by atoms with E-state index in [0.717, 1.165) is 0 Å². The molecule has 1 aromatic carbocycles. The van der Waals surface area contributed by atoms with Gasteiger partial charge in [0, 0.05) is 11.1 Å². The molecule has 0 saturated carbocycles. The minimum atomic E-state index is -3.06. The van der Waals surface area contributed by atoms with Crippen LogP contribution in [0.3, 0.4) is 0 Å². The zero-order chi connectivity index (χ0) is 10.9. The van der Waals surface area contributed by atoms with Crippen LogP contribution >= 0.6 is 0 Å². The maximum Gasteiger partial charge on any atom is 0.189 e. The first-order chi connectivity index (χ1) is 7.08. The number of benzene rings is 1. The monoisotopic (exact) mass is 222 g/mol. The predicted molar refractivity (Wildman–Crippen MR) is 57.5 cm³/mol. The highest BCUT2D eigenvalue weighted by Gasteiger charge is 2.24. The van der Waals surface area contributed by atoms with Gasteiger partial charge in [0.2, 0.25) is 0 Å². The first-order valence-electron chi connectivity index (χ1n) is 4.58. The van der Waals surface area contributed by atoms with Gasteiger partial charge >= 0.3 is 0 Å². The van der Waals surface area contributed by atoms with Crippen molar-refractivity contribution >= 4 is 15.6 Å². The quantitative estimate of drug-likeness (QED) is 0.707. The van der Waals surface area contributed by atoms with Crippen molar-refractivity contribution in [2.45, 2.75) is 0 Å². The molecule has 0 aromatic heterocycles. The largest absolute Gasteiger partial charge is 0.289 e. The van der Waals surface area contributed by atoms with E-state index in [1.165, 1.54) is 6.08 Å². The zero-order valence-electron chi connectivity index (χ0n) is 8.01. The Morgan fingerprint density at radius 2 is 1.80 bits per heavy atom. The number of hydrogen-bond donors (Lipinski definition) is 0. The van der Waals surface area contributed by atoms with Crippen molar-refractivity contribution in [2.24, 2.45) is 0 Å². The molecule has 1 aromatic rings. The standard InChI is InChI=1S/C11H10O3S/c12-11(9-4-2-1-3-5-9)10-6-7-15(13,14)8-10/h1-6H,7-8H2. The van der Waals surface area contributed by atoms with Crippen molar-refractivity contribution in [3.63, 3.8) is 0 Å². The molecule has 15 heavy (non-hydrogen) atoms. The molecule has 1 aliphatic heterocycles. The van der Waals surface area contributed by atoms with Gasteiger partial charge in [0.1, 0.15) is 0 Å². The molecule has 0 unspecified atom stereocenters. The minimum absolute atomic E-state index is 0.0130. The highest BCUT2D eigenvalue weighted by atomic mass is 32.2. The van der Waals surface area contributed by atoms with Gasteiger partial charge in [0.25, 0.3) is 0 Å². The molecule has 78 valence electrons. The highest BCUT2D eigenvalue weighted by Crippen LogP contribution is 2.16. The molecule has 1 aliphatic rings. The molecule has 0 N–H and O–H groups in total. The van der Waals surface area contributed by atoms with Crippen molar-refractivity contribution < 1.29 is 13.2 Å². The number of hydrogen-bond acceptors (Lipinski definition) is 3. The molecule has 0 amide bonds. The third kappa shape index (κ3) is 2.15. The van der Waals surface area contributed by atoms with Gasteiger partial charge < -0.3 is 0 Å². The molecule has 2 rings (SSSR count). The first-order valence-corrected chi connectivity index (χ1v) is 6.40. The van der Waals surface area contributed by atoms with Crippen LogP contribution in [-0.4, -0.2) is 25.7 Å². The molecule has 0 spiro atoms. The van der Waals surface area contributed by atoms with Gasteiger partial charge in [-0.2, -0.15) is 0 Å². The van der Waals surface area contributed by atoms with E-state index < -0.39 is 9.84 Å². The third-order valence-electron chi connectivity index (χ3n) is 2.29. The van der Waals surface area contributed by atoms with Crippen LogP contribution < -0.4 is 0 Å². The Balaban J connectivity index is 2.25. The summed E-state index contributed by atoms with van der Waals surface area (Å²) in [5, 5.41) is 0. The summed E-state index contributed by atoms with van der Waals surface area (Å²) in [7, 11) is -3.06. The van der Waals surface area contributed by atoms with Crippen molar-refractivity contribution in [3.8, 4) is 0 Å². The van der Waals surface area contributed by atoms with E-state index in [4.69, 9.17) is 0 Å². The number of rotatable bonds is 2. The van der Waals surface area contributed by atoms with Crippen LogP contribution in [0, 0.1) is 0 Å². The van der Waals surface area contributed by atoms with Crippen molar-refractivity contribution in [2.75, 3.05) is 11.5 Å². The van der Waals surface area contributed by atoms with Gasteiger partial charge in [-0.05, 0) is 0 Å². The SMILES string of the molecule is O=C(C1=CCS(=O)(=O)C1)c1ccccc1. The predicted octanol–water partition coefficient (Wildman–Crippen LogP) is 1.22. The molecule has 0 radical (unpaired) electrons. The Morgan fingerprint density at radius 3 is 2.33 bits per heavy atom. The van der Waals surface area contributed by atoms with Gasteiger partial charge in [0.05, 0.1) is 11.5 Å². The maximum atomic E-state index is 11.8. The minimum Gasteiger partial charge on any atom is -0.289 e. The van der Waals surface area contributed by atoms with Crippen LogP contribution in [0.15, 0.2) is 42.0 Å². The molecule has 0 bridgehead atoms. The molecule has 0 fully saturated rings. The van der Waals surface area contributed by atoms with Crippen LogP contribution in [-0.2, 0) is 9.84 Å². The van der Waals surface area contributed by atoms with Gasteiger partial charge in [-0.25, -0.2) is 8.42 Å².